The zero-order chi connectivity index (χ0) is 9.42. The molecular formula is C9H8F2N2. The van der Waals surface area contributed by atoms with Crippen molar-refractivity contribution in [1.82, 2.24) is 9.97 Å². The molecule has 0 aliphatic carbocycles. The number of imidazole rings is 1. The van der Waals surface area contributed by atoms with Crippen LogP contribution in [-0.4, -0.2) is 9.97 Å². The second-order valence-electron chi connectivity index (χ2n) is 2.94. The average molecular weight is 182 g/mol. The Kier molecular flexibility index (Phi) is 1.76. The van der Waals surface area contributed by atoms with E-state index < -0.39 is 6.43 Å². The van der Waals surface area contributed by atoms with E-state index in [2.05, 4.69) is 9.97 Å². The highest BCUT2D eigenvalue weighted by Gasteiger charge is 2.11. The first-order valence-electron chi connectivity index (χ1n) is 3.91. The quantitative estimate of drug-likeness (QED) is 0.721. The third-order valence-electron chi connectivity index (χ3n) is 1.86. The lowest BCUT2D eigenvalue weighted by molar-refractivity contribution is 0.142. The van der Waals surface area contributed by atoms with Gasteiger partial charge in [0.1, 0.15) is 0 Å². The highest BCUT2D eigenvalue weighted by atomic mass is 19.3. The van der Waals surface area contributed by atoms with Crippen LogP contribution in [0.25, 0.3) is 11.0 Å². The lowest BCUT2D eigenvalue weighted by Crippen LogP contribution is -1.84. The number of hydrogen-bond acceptors (Lipinski definition) is 1. The minimum atomic E-state index is -2.53. The molecule has 2 aromatic rings. The zero-order valence-electron chi connectivity index (χ0n) is 7.01. The van der Waals surface area contributed by atoms with E-state index in [-0.39, 0.29) is 5.82 Å². The minimum absolute atomic E-state index is 0.263. The molecule has 13 heavy (non-hydrogen) atoms. The molecule has 2 nitrogen and oxygen atoms in total. The standard InChI is InChI=1S/C9H8F2N2/c1-5-2-3-6-7(4-5)13-9(12-6)8(10)11/h2-4,8H,1H3,(H,12,13). The number of hydrogen-bond donors (Lipinski definition) is 1. The van der Waals surface area contributed by atoms with Gasteiger partial charge in [0, 0.05) is 0 Å². The monoisotopic (exact) mass is 182 g/mol. The lowest BCUT2D eigenvalue weighted by atomic mass is 10.2. The summed E-state index contributed by atoms with van der Waals surface area (Å²) in [6.45, 7) is 1.91. The van der Waals surface area contributed by atoms with Crippen LogP contribution < -0.4 is 0 Å². The summed E-state index contributed by atoms with van der Waals surface area (Å²) in [6, 6.07) is 5.37. The van der Waals surface area contributed by atoms with Crippen LogP contribution in [0.4, 0.5) is 8.78 Å². The van der Waals surface area contributed by atoms with Crippen LogP contribution in [0.2, 0.25) is 0 Å². The fourth-order valence-corrected chi connectivity index (χ4v) is 1.25. The zero-order valence-corrected chi connectivity index (χ0v) is 7.01. The Morgan fingerprint density at radius 2 is 2.15 bits per heavy atom. The normalized spacial score (nSPS) is 11.4. The minimum Gasteiger partial charge on any atom is -0.337 e. The number of H-pyrrole nitrogens is 1. The van der Waals surface area contributed by atoms with E-state index in [1.807, 2.05) is 13.0 Å². The van der Waals surface area contributed by atoms with Gasteiger partial charge < -0.3 is 4.98 Å². The Hall–Kier alpha value is -1.45. The second kappa shape index (κ2) is 2.80. The summed E-state index contributed by atoms with van der Waals surface area (Å²) in [5.74, 6) is -0.263. The summed E-state index contributed by atoms with van der Waals surface area (Å²) in [4.78, 5) is 6.32. The first-order chi connectivity index (χ1) is 6.16. The van der Waals surface area contributed by atoms with Crippen molar-refractivity contribution in [2.75, 3.05) is 0 Å². The highest BCUT2D eigenvalue weighted by molar-refractivity contribution is 5.75. The number of aromatic amines is 1. The molecule has 2 rings (SSSR count). The molecule has 0 saturated heterocycles. The molecule has 0 radical (unpaired) electrons. The summed E-state index contributed by atoms with van der Waals surface area (Å²) in [6.07, 6.45) is -2.53. The van der Waals surface area contributed by atoms with Gasteiger partial charge in [0.15, 0.2) is 5.82 Å². The predicted molar refractivity (Wildman–Crippen MR) is 45.8 cm³/mol. The molecule has 68 valence electrons. The van der Waals surface area contributed by atoms with E-state index in [0.717, 1.165) is 5.56 Å². The Labute approximate surface area is 73.6 Å². The molecule has 0 aliphatic rings. The fourth-order valence-electron chi connectivity index (χ4n) is 1.25. The molecule has 0 bridgehead atoms. The Balaban J connectivity index is 2.62. The van der Waals surface area contributed by atoms with Crippen molar-refractivity contribution in [3.8, 4) is 0 Å². The van der Waals surface area contributed by atoms with Gasteiger partial charge in [-0.1, -0.05) is 6.07 Å². The number of nitrogens with one attached hydrogen (secondary N) is 1. The van der Waals surface area contributed by atoms with E-state index in [1.165, 1.54) is 0 Å². The summed E-state index contributed by atoms with van der Waals surface area (Å²) < 4.78 is 24.4. The van der Waals surface area contributed by atoms with Crippen molar-refractivity contribution in [3.05, 3.63) is 29.6 Å². The molecule has 0 aliphatic heterocycles. The first kappa shape index (κ1) is 8.16. The van der Waals surface area contributed by atoms with E-state index in [1.54, 1.807) is 12.1 Å². The fraction of sp³-hybridized carbons (Fsp3) is 0.222. The maximum atomic E-state index is 12.2. The number of alkyl halides is 2. The topological polar surface area (TPSA) is 28.7 Å². The van der Waals surface area contributed by atoms with Gasteiger partial charge in [-0.3, -0.25) is 0 Å². The molecule has 0 amide bonds. The Bertz CT molecular complexity index is 434. The summed E-state index contributed by atoms with van der Waals surface area (Å²) >= 11 is 0. The van der Waals surface area contributed by atoms with Crippen molar-refractivity contribution < 1.29 is 8.78 Å². The van der Waals surface area contributed by atoms with Gasteiger partial charge in [-0.25, -0.2) is 13.8 Å². The van der Waals surface area contributed by atoms with E-state index >= 15 is 0 Å². The van der Waals surface area contributed by atoms with Crippen LogP contribution in [0.1, 0.15) is 17.8 Å². The number of halogens is 2. The number of fused-ring (bicyclic) bond motifs is 1. The van der Waals surface area contributed by atoms with Crippen molar-refractivity contribution in [3.63, 3.8) is 0 Å². The van der Waals surface area contributed by atoms with Crippen LogP contribution >= 0.6 is 0 Å². The van der Waals surface area contributed by atoms with Crippen LogP contribution in [0, 0.1) is 6.92 Å². The third-order valence-corrected chi connectivity index (χ3v) is 1.86. The van der Waals surface area contributed by atoms with E-state index in [9.17, 15) is 8.78 Å². The van der Waals surface area contributed by atoms with Crippen molar-refractivity contribution in [1.29, 1.82) is 0 Å². The molecule has 0 saturated carbocycles. The maximum absolute atomic E-state index is 12.2. The maximum Gasteiger partial charge on any atom is 0.295 e. The number of aromatic nitrogens is 2. The molecule has 0 fully saturated rings. The molecule has 1 N–H and O–H groups in total. The second-order valence-corrected chi connectivity index (χ2v) is 2.94. The number of rotatable bonds is 1. The molecule has 4 heteroatoms. The van der Waals surface area contributed by atoms with Crippen LogP contribution in [-0.2, 0) is 0 Å². The summed E-state index contributed by atoms with van der Waals surface area (Å²) in [5.41, 5.74) is 2.27. The first-order valence-corrected chi connectivity index (χ1v) is 3.91. The van der Waals surface area contributed by atoms with Crippen molar-refractivity contribution in [2.45, 2.75) is 13.3 Å². The SMILES string of the molecule is Cc1ccc2nc(C(F)F)[nH]c2c1. The number of benzene rings is 1. The van der Waals surface area contributed by atoms with Crippen molar-refractivity contribution in [2.24, 2.45) is 0 Å². The van der Waals surface area contributed by atoms with Crippen LogP contribution in [0.15, 0.2) is 18.2 Å². The van der Waals surface area contributed by atoms with Gasteiger partial charge in [0.25, 0.3) is 6.43 Å². The highest BCUT2D eigenvalue weighted by Crippen LogP contribution is 2.20. The van der Waals surface area contributed by atoms with Gasteiger partial charge in [-0.2, -0.15) is 0 Å². The third kappa shape index (κ3) is 1.39. The molecule has 1 aromatic heterocycles. The van der Waals surface area contributed by atoms with E-state index in [4.69, 9.17) is 0 Å². The number of aryl methyl sites for hydroxylation is 1. The smallest absolute Gasteiger partial charge is 0.295 e. The lowest BCUT2D eigenvalue weighted by Gasteiger charge is -1.89. The van der Waals surface area contributed by atoms with Gasteiger partial charge in [-0.05, 0) is 24.6 Å². The summed E-state index contributed by atoms with van der Waals surface area (Å²) in [5, 5.41) is 0. The van der Waals surface area contributed by atoms with Gasteiger partial charge in [0.05, 0.1) is 11.0 Å². The average Bonchev–Trinajstić information content (AvgIpc) is 2.46. The molecule has 1 heterocycles. The Morgan fingerprint density at radius 3 is 2.85 bits per heavy atom. The van der Waals surface area contributed by atoms with Crippen LogP contribution in [0.5, 0.6) is 0 Å². The molecule has 0 spiro atoms. The molecular weight excluding hydrogens is 174 g/mol. The van der Waals surface area contributed by atoms with E-state index in [0.29, 0.717) is 11.0 Å². The van der Waals surface area contributed by atoms with Gasteiger partial charge in [-0.15, -0.1) is 0 Å². The molecule has 0 unspecified atom stereocenters. The predicted octanol–water partition coefficient (Wildman–Crippen LogP) is 2.81. The Morgan fingerprint density at radius 1 is 1.38 bits per heavy atom. The van der Waals surface area contributed by atoms with Gasteiger partial charge in [0.2, 0.25) is 0 Å². The summed E-state index contributed by atoms with van der Waals surface area (Å²) in [7, 11) is 0. The largest absolute Gasteiger partial charge is 0.337 e. The molecule has 0 atom stereocenters. The number of nitrogens with zero attached hydrogens (tertiary/aromatic N) is 1. The van der Waals surface area contributed by atoms with Gasteiger partial charge >= 0.3 is 0 Å². The molecule has 1 aromatic carbocycles. The van der Waals surface area contributed by atoms with Crippen molar-refractivity contribution >= 4 is 11.0 Å². The van der Waals surface area contributed by atoms with Crippen LogP contribution in [0.3, 0.4) is 0 Å².